The smallest absolute Gasteiger partial charge is 0.248 e. The van der Waals surface area contributed by atoms with Gasteiger partial charge in [-0.25, -0.2) is 0 Å². The minimum Gasteiger partial charge on any atom is -0.320 e. The molecule has 1 saturated carbocycles. The van der Waals surface area contributed by atoms with Crippen molar-refractivity contribution in [1.29, 1.82) is 0 Å². The molecule has 0 saturated heterocycles. The van der Waals surface area contributed by atoms with E-state index in [4.69, 9.17) is 0 Å². The number of nitrogens with one attached hydrogen (secondary N) is 1. The summed E-state index contributed by atoms with van der Waals surface area (Å²) in [5.41, 5.74) is 1.95. The normalized spacial score (nSPS) is 15.5. The molecule has 21 heavy (non-hydrogen) atoms. The van der Waals surface area contributed by atoms with Crippen LogP contribution in [0.3, 0.4) is 0 Å². The van der Waals surface area contributed by atoms with Crippen LogP contribution in [0.15, 0.2) is 24.0 Å². The molecule has 1 heterocycles. The lowest BCUT2D eigenvalue weighted by Gasteiger charge is -2.17. The van der Waals surface area contributed by atoms with Crippen molar-refractivity contribution >= 4 is 11.6 Å². The van der Waals surface area contributed by atoms with Crippen LogP contribution in [-0.4, -0.2) is 40.2 Å². The van der Waals surface area contributed by atoms with Gasteiger partial charge >= 0.3 is 0 Å². The number of rotatable bonds is 8. The van der Waals surface area contributed by atoms with Gasteiger partial charge in [0.25, 0.3) is 0 Å². The van der Waals surface area contributed by atoms with Crippen LogP contribution in [0.25, 0.3) is 0 Å². The SMILES string of the molecule is CCN(CC)CCn1cc(NC(=O)/C=C(/C)C2CC2)cn1. The Labute approximate surface area is 127 Å². The molecule has 0 radical (unpaired) electrons. The van der Waals surface area contributed by atoms with Crippen molar-refractivity contribution in [3.63, 3.8) is 0 Å². The molecule has 2 rings (SSSR count). The zero-order valence-corrected chi connectivity index (χ0v) is 13.3. The molecule has 0 aliphatic heterocycles. The van der Waals surface area contributed by atoms with Crippen LogP contribution in [0.4, 0.5) is 5.69 Å². The van der Waals surface area contributed by atoms with E-state index in [0.29, 0.717) is 5.92 Å². The highest BCUT2D eigenvalue weighted by Crippen LogP contribution is 2.35. The summed E-state index contributed by atoms with van der Waals surface area (Å²) >= 11 is 0. The first kappa shape index (κ1) is 15.8. The summed E-state index contributed by atoms with van der Waals surface area (Å²) in [5, 5.41) is 7.17. The van der Waals surface area contributed by atoms with E-state index in [1.165, 1.54) is 18.4 Å². The second kappa shape index (κ2) is 7.41. The molecule has 0 bridgehead atoms. The predicted molar refractivity (Wildman–Crippen MR) is 85.1 cm³/mol. The van der Waals surface area contributed by atoms with Crippen molar-refractivity contribution in [1.82, 2.24) is 14.7 Å². The third-order valence-electron chi connectivity index (χ3n) is 4.02. The standard InChI is InChI=1S/C16H26N4O/c1-4-19(5-2)8-9-20-12-15(11-17-20)18-16(21)10-13(3)14-6-7-14/h10-12,14H,4-9H2,1-3H3,(H,18,21)/b13-10-. The summed E-state index contributed by atoms with van der Waals surface area (Å²) in [4.78, 5) is 14.2. The second-order valence-corrected chi connectivity index (χ2v) is 5.67. The Bertz CT molecular complexity index is 498. The summed E-state index contributed by atoms with van der Waals surface area (Å²) in [5.74, 6) is 0.579. The van der Waals surface area contributed by atoms with Crippen LogP contribution in [0, 0.1) is 5.92 Å². The molecule has 0 unspecified atom stereocenters. The van der Waals surface area contributed by atoms with Crippen LogP contribution < -0.4 is 5.32 Å². The van der Waals surface area contributed by atoms with Gasteiger partial charge in [-0.05, 0) is 38.8 Å². The van der Waals surface area contributed by atoms with Gasteiger partial charge < -0.3 is 10.2 Å². The molecule has 1 aliphatic carbocycles. The molecule has 0 atom stereocenters. The lowest BCUT2D eigenvalue weighted by molar-refractivity contribution is -0.112. The van der Waals surface area contributed by atoms with Crippen LogP contribution >= 0.6 is 0 Å². The molecule has 0 spiro atoms. The van der Waals surface area contributed by atoms with Crippen molar-refractivity contribution < 1.29 is 4.79 Å². The van der Waals surface area contributed by atoms with Crippen LogP contribution in [0.2, 0.25) is 0 Å². The van der Waals surface area contributed by atoms with Gasteiger partial charge in [0.05, 0.1) is 18.4 Å². The Hall–Kier alpha value is -1.62. The van der Waals surface area contributed by atoms with E-state index in [2.05, 4.69) is 29.2 Å². The van der Waals surface area contributed by atoms with Crippen molar-refractivity contribution in [2.75, 3.05) is 25.0 Å². The minimum absolute atomic E-state index is 0.0531. The average Bonchev–Trinajstić information content (AvgIpc) is 3.22. The zero-order chi connectivity index (χ0) is 15.2. The highest BCUT2D eigenvalue weighted by atomic mass is 16.1. The largest absolute Gasteiger partial charge is 0.320 e. The van der Waals surface area contributed by atoms with E-state index in [-0.39, 0.29) is 5.91 Å². The number of allylic oxidation sites excluding steroid dienone is 1. The number of likely N-dealkylation sites (N-methyl/N-ethyl adjacent to an activating group) is 1. The number of aromatic nitrogens is 2. The predicted octanol–water partition coefficient (Wildman–Crippen LogP) is 2.52. The number of carbonyl (C=O) groups excluding carboxylic acids is 1. The van der Waals surface area contributed by atoms with E-state index in [9.17, 15) is 4.79 Å². The number of hydrogen-bond acceptors (Lipinski definition) is 3. The third-order valence-corrected chi connectivity index (χ3v) is 4.02. The molecule has 1 aliphatic rings. The van der Waals surface area contributed by atoms with E-state index in [0.717, 1.165) is 31.9 Å². The monoisotopic (exact) mass is 290 g/mol. The first-order valence-electron chi connectivity index (χ1n) is 7.86. The lowest BCUT2D eigenvalue weighted by atomic mass is 10.2. The fourth-order valence-corrected chi connectivity index (χ4v) is 2.38. The Kier molecular flexibility index (Phi) is 5.56. The fraction of sp³-hybridized carbons (Fsp3) is 0.625. The molecule has 116 valence electrons. The maximum absolute atomic E-state index is 11.9. The van der Waals surface area contributed by atoms with Gasteiger partial charge in [-0.2, -0.15) is 5.10 Å². The highest BCUT2D eigenvalue weighted by Gasteiger charge is 2.23. The van der Waals surface area contributed by atoms with Gasteiger partial charge in [0.2, 0.25) is 5.91 Å². The minimum atomic E-state index is -0.0531. The molecule has 1 N–H and O–H groups in total. The number of anilines is 1. The van der Waals surface area contributed by atoms with Gasteiger partial charge in [-0.15, -0.1) is 0 Å². The fourth-order valence-electron chi connectivity index (χ4n) is 2.38. The maximum Gasteiger partial charge on any atom is 0.248 e. The summed E-state index contributed by atoms with van der Waals surface area (Å²) < 4.78 is 1.88. The molecule has 1 aromatic rings. The van der Waals surface area contributed by atoms with Gasteiger partial charge in [0, 0.05) is 18.8 Å². The third kappa shape index (κ3) is 5.01. The maximum atomic E-state index is 11.9. The molecule has 0 aromatic carbocycles. The Morgan fingerprint density at radius 2 is 2.19 bits per heavy atom. The van der Waals surface area contributed by atoms with Crippen molar-refractivity contribution in [2.45, 2.75) is 40.2 Å². The van der Waals surface area contributed by atoms with Crippen molar-refractivity contribution in [3.05, 3.63) is 24.0 Å². The van der Waals surface area contributed by atoms with Crippen LogP contribution in [-0.2, 0) is 11.3 Å². The second-order valence-electron chi connectivity index (χ2n) is 5.67. The van der Waals surface area contributed by atoms with Gasteiger partial charge in [0.1, 0.15) is 0 Å². The number of nitrogens with zero attached hydrogens (tertiary/aromatic N) is 3. The van der Waals surface area contributed by atoms with Gasteiger partial charge in [-0.1, -0.05) is 19.4 Å². The van der Waals surface area contributed by atoms with E-state index < -0.39 is 0 Å². The molecule has 5 nitrogen and oxygen atoms in total. The van der Waals surface area contributed by atoms with E-state index in [1.54, 1.807) is 12.3 Å². The highest BCUT2D eigenvalue weighted by molar-refractivity contribution is 5.99. The molecule has 1 fully saturated rings. The summed E-state index contributed by atoms with van der Waals surface area (Å²) in [6.07, 6.45) is 7.75. The Morgan fingerprint density at radius 3 is 2.81 bits per heavy atom. The quantitative estimate of drug-likeness (QED) is 0.748. The van der Waals surface area contributed by atoms with E-state index in [1.807, 2.05) is 17.8 Å². The topological polar surface area (TPSA) is 50.2 Å². The molecule has 5 heteroatoms. The number of amides is 1. The summed E-state index contributed by atoms with van der Waals surface area (Å²) in [6.45, 7) is 10.3. The van der Waals surface area contributed by atoms with Gasteiger partial charge in [-0.3, -0.25) is 9.48 Å². The molecular formula is C16H26N4O. The van der Waals surface area contributed by atoms with Crippen molar-refractivity contribution in [2.24, 2.45) is 5.92 Å². The number of hydrogen-bond donors (Lipinski definition) is 1. The first-order valence-corrected chi connectivity index (χ1v) is 7.86. The van der Waals surface area contributed by atoms with E-state index >= 15 is 0 Å². The lowest BCUT2D eigenvalue weighted by Crippen LogP contribution is -2.27. The average molecular weight is 290 g/mol. The van der Waals surface area contributed by atoms with Crippen molar-refractivity contribution in [3.8, 4) is 0 Å². The zero-order valence-electron chi connectivity index (χ0n) is 13.3. The molecular weight excluding hydrogens is 264 g/mol. The number of carbonyl (C=O) groups is 1. The molecule has 1 aromatic heterocycles. The summed E-state index contributed by atoms with van der Waals surface area (Å²) in [6, 6.07) is 0. The van der Waals surface area contributed by atoms with Gasteiger partial charge in [0.15, 0.2) is 0 Å². The van der Waals surface area contributed by atoms with Crippen LogP contribution in [0.5, 0.6) is 0 Å². The molecule has 1 amide bonds. The first-order chi connectivity index (χ1) is 10.1. The Balaban J connectivity index is 1.82. The Morgan fingerprint density at radius 1 is 1.48 bits per heavy atom. The van der Waals surface area contributed by atoms with Crippen LogP contribution in [0.1, 0.15) is 33.6 Å². The summed E-state index contributed by atoms with van der Waals surface area (Å²) in [7, 11) is 0.